The first-order valence-electron chi connectivity index (χ1n) is 10.8. The molecule has 0 saturated heterocycles. The highest BCUT2D eigenvalue weighted by molar-refractivity contribution is 7.80. The van der Waals surface area contributed by atoms with Gasteiger partial charge in [0.2, 0.25) is 0 Å². The molecule has 0 atom stereocenters. The highest BCUT2D eigenvalue weighted by Crippen LogP contribution is 2.33. The molecule has 2 aromatic carbocycles. The van der Waals surface area contributed by atoms with Gasteiger partial charge in [0.15, 0.2) is 16.6 Å². The minimum absolute atomic E-state index is 0.200. The molecule has 34 heavy (non-hydrogen) atoms. The number of benzene rings is 2. The molecule has 0 unspecified atom stereocenters. The maximum atomic E-state index is 13.0. The lowest BCUT2D eigenvalue weighted by Crippen LogP contribution is -2.35. The number of furan rings is 1. The van der Waals surface area contributed by atoms with Crippen LogP contribution >= 0.6 is 12.2 Å². The summed E-state index contributed by atoms with van der Waals surface area (Å²) >= 11 is 5.73. The summed E-state index contributed by atoms with van der Waals surface area (Å²) in [7, 11) is 1.60. The number of pyridine rings is 1. The van der Waals surface area contributed by atoms with E-state index in [-0.39, 0.29) is 12.1 Å². The number of rotatable bonds is 6. The van der Waals surface area contributed by atoms with Gasteiger partial charge in [0.25, 0.3) is 5.56 Å². The molecule has 0 saturated carbocycles. The van der Waals surface area contributed by atoms with Gasteiger partial charge < -0.3 is 33.8 Å². The van der Waals surface area contributed by atoms with Crippen molar-refractivity contribution in [2.75, 3.05) is 25.6 Å². The van der Waals surface area contributed by atoms with Crippen LogP contribution in [0, 0.1) is 0 Å². The van der Waals surface area contributed by atoms with Crippen molar-refractivity contribution in [3.05, 3.63) is 82.5 Å². The highest BCUT2D eigenvalue weighted by atomic mass is 32.1. The number of anilines is 1. The minimum Gasteiger partial charge on any atom is -0.495 e. The number of thiocarbonyl (C=S) groups is 1. The maximum absolute atomic E-state index is 13.0. The lowest BCUT2D eigenvalue weighted by Gasteiger charge is -2.25. The lowest BCUT2D eigenvalue weighted by atomic mass is 10.1. The lowest BCUT2D eigenvalue weighted by molar-refractivity contribution is 0.172. The van der Waals surface area contributed by atoms with Gasteiger partial charge in [0, 0.05) is 17.0 Å². The molecule has 0 bridgehead atoms. The molecule has 3 heterocycles. The topological polar surface area (TPSA) is 89.0 Å². The number of aromatic nitrogens is 1. The highest BCUT2D eigenvalue weighted by Gasteiger charge is 2.18. The SMILES string of the molecule is COc1ccccc1NC(=S)N(Cc1ccco1)Cc1cc2cc3c(cc2[nH]c1=O)OCCO3. The van der Waals surface area contributed by atoms with Gasteiger partial charge in [0.05, 0.1) is 37.7 Å². The Kier molecular flexibility index (Phi) is 6.09. The number of H-pyrrole nitrogens is 1. The van der Waals surface area contributed by atoms with Gasteiger partial charge in [-0.05, 0) is 48.6 Å². The number of para-hydroxylation sites is 2. The molecule has 1 aliphatic rings. The third-order valence-corrected chi connectivity index (χ3v) is 5.87. The number of nitrogens with zero attached hydrogens (tertiary/aromatic N) is 1. The molecule has 174 valence electrons. The normalized spacial score (nSPS) is 12.4. The second-order valence-electron chi connectivity index (χ2n) is 7.77. The summed E-state index contributed by atoms with van der Waals surface area (Å²) in [6.45, 7) is 1.63. The van der Waals surface area contributed by atoms with Crippen LogP contribution in [0.15, 0.2) is 70.1 Å². The number of ether oxygens (including phenoxy) is 3. The molecule has 1 aliphatic heterocycles. The van der Waals surface area contributed by atoms with Crippen LogP contribution in [0.25, 0.3) is 10.9 Å². The Bertz CT molecular complexity index is 1380. The summed E-state index contributed by atoms with van der Waals surface area (Å²) in [6.07, 6.45) is 1.61. The molecule has 9 heteroatoms. The van der Waals surface area contributed by atoms with Crippen LogP contribution < -0.4 is 25.1 Å². The first-order chi connectivity index (χ1) is 16.6. The Morgan fingerprint density at radius 1 is 1.09 bits per heavy atom. The Morgan fingerprint density at radius 3 is 2.65 bits per heavy atom. The summed E-state index contributed by atoms with van der Waals surface area (Å²) in [6, 6.07) is 16.7. The van der Waals surface area contributed by atoms with Gasteiger partial charge in [-0.2, -0.15) is 0 Å². The van der Waals surface area contributed by atoms with Crippen molar-refractivity contribution in [3.63, 3.8) is 0 Å². The van der Waals surface area contributed by atoms with Gasteiger partial charge >= 0.3 is 0 Å². The van der Waals surface area contributed by atoms with E-state index in [1.54, 1.807) is 19.4 Å². The van der Waals surface area contributed by atoms with E-state index < -0.39 is 0 Å². The number of hydrogen-bond acceptors (Lipinski definition) is 6. The zero-order valence-electron chi connectivity index (χ0n) is 18.5. The number of aromatic amines is 1. The molecule has 2 N–H and O–H groups in total. The second kappa shape index (κ2) is 9.48. The van der Waals surface area contributed by atoms with E-state index in [2.05, 4.69) is 10.3 Å². The number of methoxy groups -OCH3 is 1. The molecule has 2 aromatic heterocycles. The smallest absolute Gasteiger partial charge is 0.253 e. The number of nitrogens with one attached hydrogen (secondary N) is 2. The summed E-state index contributed by atoms with van der Waals surface area (Å²) in [5.41, 5.74) is 1.77. The zero-order valence-corrected chi connectivity index (χ0v) is 19.3. The summed E-state index contributed by atoms with van der Waals surface area (Å²) in [5, 5.41) is 4.51. The summed E-state index contributed by atoms with van der Waals surface area (Å²) < 4.78 is 22.3. The van der Waals surface area contributed by atoms with Crippen LogP contribution in [0.4, 0.5) is 5.69 Å². The summed E-state index contributed by atoms with van der Waals surface area (Å²) in [4.78, 5) is 17.8. The van der Waals surface area contributed by atoms with Crippen LogP contribution in [-0.4, -0.2) is 35.3 Å². The first-order valence-corrected chi connectivity index (χ1v) is 11.2. The van der Waals surface area contributed by atoms with Gasteiger partial charge in [0.1, 0.15) is 24.7 Å². The van der Waals surface area contributed by atoms with Crippen molar-refractivity contribution in [3.8, 4) is 17.2 Å². The molecule has 0 fully saturated rings. The van der Waals surface area contributed by atoms with E-state index in [0.717, 1.165) is 16.8 Å². The second-order valence-corrected chi connectivity index (χ2v) is 8.16. The van der Waals surface area contributed by atoms with E-state index in [1.165, 1.54) is 0 Å². The predicted molar refractivity (Wildman–Crippen MR) is 133 cm³/mol. The van der Waals surface area contributed by atoms with Crippen LogP contribution in [0.3, 0.4) is 0 Å². The molecule has 8 nitrogen and oxygen atoms in total. The standard InChI is InChI=1S/C25H23N3O5S/c1-30-21-7-3-2-6-19(21)27-25(34)28(15-18-5-4-8-31-18)14-17-11-16-12-22-23(33-10-9-32-22)13-20(16)26-24(17)29/h2-8,11-13H,9-10,14-15H2,1H3,(H,26,29)(H,27,34). The van der Waals surface area contributed by atoms with Crippen molar-refractivity contribution in [1.82, 2.24) is 9.88 Å². The molecular weight excluding hydrogens is 454 g/mol. The largest absolute Gasteiger partial charge is 0.495 e. The Labute approximate surface area is 201 Å². The first kappa shape index (κ1) is 21.8. The minimum atomic E-state index is -0.200. The van der Waals surface area contributed by atoms with Crippen molar-refractivity contribution >= 4 is 33.9 Å². The number of hydrogen-bond donors (Lipinski definition) is 2. The average Bonchev–Trinajstić information content (AvgIpc) is 3.36. The van der Waals surface area contributed by atoms with E-state index >= 15 is 0 Å². The van der Waals surface area contributed by atoms with Crippen LogP contribution in [-0.2, 0) is 13.1 Å². The van der Waals surface area contributed by atoms with E-state index in [4.69, 9.17) is 30.8 Å². The van der Waals surface area contributed by atoms with Gasteiger partial charge in [-0.3, -0.25) is 4.79 Å². The molecule has 5 rings (SSSR count). The molecule has 0 aliphatic carbocycles. The van der Waals surface area contributed by atoms with Gasteiger partial charge in [-0.25, -0.2) is 0 Å². The fraction of sp³-hybridized carbons (Fsp3) is 0.200. The Hall–Kier alpha value is -3.98. The molecule has 0 radical (unpaired) electrons. The van der Waals surface area contributed by atoms with Crippen LogP contribution in [0.2, 0.25) is 0 Å². The third kappa shape index (κ3) is 4.55. The van der Waals surface area contributed by atoms with Crippen molar-refractivity contribution in [2.45, 2.75) is 13.1 Å². The molecule has 0 spiro atoms. The Balaban J connectivity index is 1.46. The van der Waals surface area contributed by atoms with E-state index in [1.807, 2.05) is 53.4 Å². The van der Waals surface area contributed by atoms with Gasteiger partial charge in [-0.1, -0.05) is 12.1 Å². The van der Waals surface area contributed by atoms with Gasteiger partial charge in [-0.15, -0.1) is 0 Å². The monoisotopic (exact) mass is 477 g/mol. The Morgan fingerprint density at radius 2 is 1.88 bits per heavy atom. The molecular formula is C25H23N3O5S. The van der Waals surface area contributed by atoms with Crippen molar-refractivity contribution < 1.29 is 18.6 Å². The van der Waals surface area contributed by atoms with E-state index in [0.29, 0.717) is 53.2 Å². The molecule has 4 aromatic rings. The predicted octanol–water partition coefficient (Wildman–Crippen LogP) is 4.30. The summed E-state index contributed by atoms with van der Waals surface area (Å²) in [5.74, 6) is 2.68. The van der Waals surface area contributed by atoms with Crippen molar-refractivity contribution in [1.29, 1.82) is 0 Å². The average molecular weight is 478 g/mol. The van der Waals surface area contributed by atoms with Crippen molar-refractivity contribution in [2.24, 2.45) is 0 Å². The van der Waals surface area contributed by atoms with E-state index in [9.17, 15) is 4.79 Å². The van der Waals surface area contributed by atoms with Crippen LogP contribution in [0.1, 0.15) is 11.3 Å². The molecule has 0 amide bonds. The fourth-order valence-electron chi connectivity index (χ4n) is 3.84. The third-order valence-electron chi connectivity index (χ3n) is 5.51. The fourth-order valence-corrected chi connectivity index (χ4v) is 4.08. The maximum Gasteiger partial charge on any atom is 0.253 e. The quantitative estimate of drug-likeness (QED) is 0.398. The zero-order chi connectivity index (χ0) is 23.5. The number of fused-ring (bicyclic) bond motifs is 2. The van der Waals surface area contributed by atoms with Crippen LogP contribution in [0.5, 0.6) is 17.2 Å².